The number of nitrogens with two attached hydrogens (primary N) is 1. The molecule has 0 aromatic rings. The van der Waals surface area contributed by atoms with Crippen molar-refractivity contribution in [3.05, 3.63) is 0 Å². The van der Waals surface area contributed by atoms with Gasteiger partial charge in [0.05, 0.1) is 7.11 Å². The van der Waals surface area contributed by atoms with Gasteiger partial charge >= 0.3 is 5.97 Å². The van der Waals surface area contributed by atoms with E-state index in [2.05, 4.69) is 10.1 Å². The highest BCUT2D eigenvalue weighted by Gasteiger charge is 2.24. The van der Waals surface area contributed by atoms with Crippen molar-refractivity contribution in [3.63, 3.8) is 0 Å². The second kappa shape index (κ2) is 7.22. The molecule has 0 rings (SSSR count). The van der Waals surface area contributed by atoms with Crippen LogP contribution in [0, 0.1) is 5.92 Å². The van der Waals surface area contributed by atoms with Gasteiger partial charge in [0.1, 0.15) is 6.04 Å². The van der Waals surface area contributed by atoms with Crippen molar-refractivity contribution in [2.24, 2.45) is 11.7 Å². The van der Waals surface area contributed by atoms with Gasteiger partial charge in [0, 0.05) is 12.5 Å². The van der Waals surface area contributed by atoms with Gasteiger partial charge in [0.15, 0.2) is 0 Å². The summed E-state index contributed by atoms with van der Waals surface area (Å²) in [6.45, 7) is 5.55. The lowest BCUT2D eigenvalue weighted by atomic mass is 10.0. The second-order valence-electron chi connectivity index (χ2n) is 4.33. The molecule has 0 aliphatic carbocycles. The first kappa shape index (κ1) is 14.9. The van der Waals surface area contributed by atoms with Crippen LogP contribution in [0.25, 0.3) is 0 Å². The van der Waals surface area contributed by atoms with E-state index in [4.69, 9.17) is 5.73 Å². The van der Waals surface area contributed by atoms with Crippen LogP contribution in [-0.4, -0.2) is 31.1 Å². The molecule has 0 heterocycles. The quantitative estimate of drug-likeness (QED) is 0.648. The molecular weight excluding hydrogens is 208 g/mol. The summed E-state index contributed by atoms with van der Waals surface area (Å²) in [4.78, 5) is 22.9. The van der Waals surface area contributed by atoms with Crippen LogP contribution < -0.4 is 11.1 Å². The third kappa shape index (κ3) is 5.70. The van der Waals surface area contributed by atoms with Gasteiger partial charge in [0.2, 0.25) is 5.91 Å². The van der Waals surface area contributed by atoms with Crippen molar-refractivity contribution in [3.8, 4) is 0 Å². The van der Waals surface area contributed by atoms with Gasteiger partial charge in [-0.05, 0) is 19.3 Å². The van der Waals surface area contributed by atoms with E-state index < -0.39 is 12.0 Å². The number of methoxy groups -OCH3 is 1. The summed E-state index contributed by atoms with van der Waals surface area (Å²) in [6.07, 6.45) is 0.940. The first-order valence-electron chi connectivity index (χ1n) is 5.51. The highest BCUT2D eigenvalue weighted by Crippen LogP contribution is 2.04. The molecule has 0 aliphatic heterocycles. The van der Waals surface area contributed by atoms with Gasteiger partial charge in [-0.3, -0.25) is 4.79 Å². The Morgan fingerprint density at radius 1 is 1.31 bits per heavy atom. The molecule has 0 spiro atoms. The molecule has 0 radical (unpaired) electrons. The zero-order valence-corrected chi connectivity index (χ0v) is 10.4. The van der Waals surface area contributed by atoms with Gasteiger partial charge < -0.3 is 15.8 Å². The van der Waals surface area contributed by atoms with E-state index in [-0.39, 0.29) is 17.9 Å². The minimum atomic E-state index is -0.578. The van der Waals surface area contributed by atoms with Crippen molar-refractivity contribution in [1.29, 1.82) is 0 Å². The van der Waals surface area contributed by atoms with Gasteiger partial charge in [-0.15, -0.1) is 0 Å². The van der Waals surface area contributed by atoms with E-state index in [1.54, 1.807) is 0 Å². The number of amides is 1. The summed E-state index contributed by atoms with van der Waals surface area (Å²) in [6, 6.07) is -0.591. The number of carbonyl (C=O) groups is 2. The average Bonchev–Trinajstić information content (AvgIpc) is 2.21. The SMILES string of the molecule is COC(=O)[C@@H](NC(=O)CCC(C)N)C(C)C. The fourth-order valence-corrected chi connectivity index (χ4v) is 1.23. The molecule has 5 heteroatoms. The lowest BCUT2D eigenvalue weighted by Gasteiger charge is -2.19. The third-order valence-electron chi connectivity index (χ3n) is 2.27. The predicted octanol–water partition coefficient (Wildman–Crippen LogP) is 0.428. The average molecular weight is 230 g/mol. The number of hydrogen-bond acceptors (Lipinski definition) is 4. The van der Waals surface area contributed by atoms with Crippen LogP contribution in [0.15, 0.2) is 0 Å². The fraction of sp³-hybridized carbons (Fsp3) is 0.818. The van der Waals surface area contributed by atoms with Crippen molar-refractivity contribution >= 4 is 11.9 Å². The van der Waals surface area contributed by atoms with Crippen LogP contribution in [-0.2, 0) is 14.3 Å². The minimum absolute atomic E-state index is 0.00620. The monoisotopic (exact) mass is 230 g/mol. The molecule has 1 amide bonds. The van der Waals surface area contributed by atoms with Gasteiger partial charge in [-0.25, -0.2) is 4.79 Å². The first-order chi connectivity index (χ1) is 7.38. The number of carbonyl (C=O) groups excluding carboxylic acids is 2. The van der Waals surface area contributed by atoms with Crippen LogP contribution in [0.2, 0.25) is 0 Å². The minimum Gasteiger partial charge on any atom is -0.467 e. The van der Waals surface area contributed by atoms with Gasteiger partial charge in [-0.2, -0.15) is 0 Å². The summed E-state index contributed by atoms with van der Waals surface area (Å²) in [7, 11) is 1.31. The maximum absolute atomic E-state index is 11.5. The molecule has 0 fully saturated rings. The summed E-state index contributed by atoms with van der Waals surface area (Å²) in [5, 5.41) is 2.65. The molecule has 0 saturated carbocycles. The number of nitrogens with one attached hydrogen (secondary N) is 1. The molecule has 2 atom stereocenters. The van der Waals surface area contributed by atoms with Crippen LogP contribution >= 0.6 is 0 Å². The van der Waals surface area contributed by atoms with Crippen molar-refractivity contribution in [2.45, 2.75) is 45.7 Å². The van der Waals surface area contributed by atoms with E-state index in [1.807, 2.05) is 20.8 Å². The van der Waals surface area contributed by atoms with Crippen LogP contribution in [0.3, 0.4) is 0 Å². The molecular formula is C11H22N2O3. The Morgan fingerprint density at radius 2 is 1.88 bits per heavy atom. The van der Waals surface area contributed by atoms with Crippen molar-refractivity contribution in [1.82, 2.24) is 5.32 Å². The Balaban J connectivity index is 4.19. The Bertz CT molecular complexity index is 239. The van der Waals surface area contributed by atoms with Crippen molar-refractivity contribution in [2.75, 3.05) is 7.11 Å². The Kier molecular flexibility index (Phi) is 6.72. The second-order valence-corrected chi connectivity index (χ2v) is 4.33. The van der Waals surface area contributed by atoms with E-state index in [0.717, 1.165) is 0 Å². The molecule has 94 valence electrons. The smallest absolute Gasteiger partial charge is 0.328 e. The zero-order valence-electron chi connectivity index (χ0n) is 10.4. The largest absolute Gasteiger partial charge is 0.467 e. The van der Waals surface area contributed by atoms with Gasteiger partial charge in [-0.1, -0.05) is 13.8 Å². The standard InChI is InChI=1S/C11H22N2O3/c1-7(2)10(11(15)16-4)13-9(14)6-5-8(3)12/h7-8,10H,5-6,12H2,1-4H3,(H,13,14)/t8?,10-/m0/s1. The van der Waals surface area contributed by atoms with E-state index in [1.165, 1.54) is 7.11 Å². The molecule has 5 nitrogen and oxygen atoms in total. The molecule has 3 N–H and O–H groups in total. The summed E-state index contributed by atoms with van der Waals surface area (Å²) in [5.41, 5.74) is 5.55. The Hall–Kier alpha value is -1.10. The topological polar surface area (TPSA) is 81.4 Å². The predicted molar refractivity (Wildman–Crippen MR) is 61.7 cm³/mol. The Labute approximate surface area is 96.7 Å². The molecule has 0 aromatic heterocycles. The molecule has 0 saturated heterocycles. The zero-order chi connectivity index (χ0) is 12.7. The molecule has 0 aliphatic rings. The maximum atomic E-state index is 11.5. The number of ether oxygens (including phenoxy) is 1. The summed E-state index contributed by atoms with van der Waals surface area (Å²) >= 11 is 0. The first-order valence-corrected chi connectivity index (χ1v) is 5.51. The van der Waals surface area contributed by atoms with Crippen LogP contribution in [0.4, 0.5) is 0 Å². The highest BCUT2D eigenvalue weighted by atomic mass is 16.5. The molecule has 0 aromatic carbocycles. The molecule has 16 heavy (non-hydrogen) atoms. The van der Waals surface area contributed by atoms with E-state index >= 15 is 0 Å². The van der Waals surface area contributed by atoms with Gasteiger partial charge in [0.25, 0.3) is 0 Å². The van der Waals surface area contributed by atoms with Crippen LogP contribution in [0.5, 0.6) is 0 Å². The summed E-state index contributed by atoms with van der Waals surface area (Å²) in [5.74, 6) is -0.572. The molecule has 0 bridgehead atoms. The van der Waals surface area contributed by atoms with Crippen molar-refractivity contribution < 1.29 is 14.3 Å². The fourth-order valence-electron chi connectivity index (χ4n) is 1.23. The Morgan fingerprint density at radius 3 is 2.25 bits per heavy atom. The summed E-state index contributed by atoms with van der Waals surface area (Å²) < 4.78 is 4.62. The molecule has 1 unspecified atom stereocenters. The normalized spacial score (nSPS) is 14.4. The third-order valence-corrected chi connectivity index (χ3v) is 2.27. The number of rotatable bonds is 6. The lowest BCUT2D eigenvalue weighted by Crippen LogP contribution is -2.45. The van der Waals surface area contributed by atoms with E-state index in [0.29, 0.717) is 12.8 Å². The van der Waals surface area contributed by atoms with Crippen LogP contribution in [0.1, 0.15) is 33.6 Å². The lowest BCUT2D eigenvalue weighted by molar-refractivity contribution is -0.146. The number of esters is 1. The van der Waals surface area contributed by atoms with E-state index in [9.17, 15) is 9.59 Å². The maximum Gasteiger partial charge on any atom is 0.328 e. The highest BCUT2D eigenvalue weighted by molar-refractivity contribution is 5.84. The number of hydrogen-bond donors (Lipinski definition) is 2.